The van der Waals surface area contributed by atoms with Gasteiger partial charge in [0, 0.05) is 44.4 Å². The van der Waals surface area contributed by atoms with Gasteiger partial charge >= 0.3 is 0 Å². The van der Waals surface area contributed by atoms with Crippen LogP contribution in [0.5, 0.6) is 5.75 Å². The average molecular weight is 417 g/mol. The molecule has 0 amide bonds. The summed E-state index contributed by atoms with van der Waals surface area (Å²) >= 11 is 0. The van der Waals surface area contributed by atoms with Crippen molar-refractivity contribution in [2.75, 3.05) is 44.2 Å². The summed E-state index contributed by atoms with van der Waals surface area (Å²) in [4.78, 5) is 25.6. The number of carbonyl (C=O) groups is 1. The molecule has 8 nitrogen and oxygen atoms in total. The van der Waals surface area contributed by atoms with Gasteiger partial charge in [-0.15, -0.1) is 0 Å². The number of β-amino-alcohol motifs (C(OH)–C–C–N with tert-alkyl or cyclic N) is 1. The molecule has 1 atom stereocenters. The molecular formula is C21H24FN3O5. The van der Waals surface area contributed by atoms with Gasteiger partial charge in [-0.3, -0.25) is 19.8 Å². The number of anilines is 1. The molecule has 1 heterocycles. The predicted octanol–water partition coefficient (Wildman–Crippen LogP) is 2.50. The van der Waals surface area contributed by atoms with Crippen LogP contribution in [0, 0.1) is 15.9 Å². The summed E-state index contributed by atoms with van der Waals surface area (Å²) in [5.74, 6) is -0.259. The molecule has 1 saturated heterocycles. The van der Waals surface area contributed by atoms with Crippen molar-refractivity contribution in [3.8, 4) is 5.75 Å². The summed E-state index contributed by atoms with van der Waals surface area (Å²) in [6, 6.07) is 10.3. The van der Waals surface area contributed by atoms with Crippen molar-refractivity contribution < 1.29 is 24.0 Å². The van der Waals surface area contributed by atoms with Crippen LogP contribution < -0.4 is 9.64 Å². The van der Waals surface area contributed by atoms with E-state index in [1.807, 2.05) is 4.90 Å². The summed E-state index contributed by atoms with van der Waals surface area (Å²) in [5, 5.41) is 21.0. The van der Waals surface area contributed by atoms with Gasteiger partial charge in [-0.2, -0.15) is 0 Å². The third kappa shape index (κ3) is 5.52. The van der Waals surface area contributed by atoms with Crippen molar-refractivity contribution >= 4 is 17.2 Å². The summed E-state index contributed by atoms with van der Waals surface area (Å²) in [6.07, 6.45) is -0.762. The lowest BCUT2D eigenvalue weighted by atomic mass is 10.1. The number of nitrogens with zero attached hydrogens (tertiary/aromatic N) is 3. The molecule has 2 aromatic rings. The fourth-order valence-electron chi connectivity index (χ4n) is 3.38. The number of benzene rings is 2. The first-order valence-corrected chi connectivity index (χ1v) is 9.66. The summed E-state index contributed by atoms with van der Waals surface area (Å²) in [7, 11) is 0. The molecule has 0 saturated carbocycles. The quantitative estimate of drug-likeness (QED) is 0.400. The molecule has 1 aliphatic rings. The van der Waals surface area contributed by atoms with E-state index < -0.39 is 16.8 Å². The number of ketones is 1. The molecule has 0 bridgehead atoms. The maximum atomic E-state index is 14.3. The maximum Gasteiger partial charge on any atom is 0.273 e. The van der Waals surface area contributed by atoms with Crippen molar-refractivity contribution in [1.82, 2.24) is 4.90 Å². The van der Waals surface area contributed by atoms with Gasteiger partial charge in [-0.1, -0.05) is 6.07 Å². The van der Waals surface area contributed by atoms with Crippen LogP contribution in [0.1, 0.15) is 17.3 Å². The minimum absolute atomic E-state index is 0.0164. The summed E-state index contributed by atoms with van der Waals surface area (Å²) in [5.41, 5.74) is 0.748. The number of carbonyl (C=O) groups excluding carboxylic acids is 1. The molecule has 1 fully saturated rings. The number of halogens is 1. The fraction of sp³-hybridized carbons (Fsp3) is 0.381. The van der Waals surface area contributed by atoms with Crippen molar-refractivity contribution in [3.63, 3.8) is 0 Å². The Morgan fingerprint density at radius 2 is 1.97 bits per heavy atom. The van der Waals surface area contributed by atoms with E-state index in [0.29, 0.717) is 49.7 Å². The SMILES string of the molecule is CC(=O)c1ccc(N2CCN(CC(O)COc3cccc([N+](=O)[O-])c3)CC2)c(F)c1. The van der Waals surface area contributed by atoms with Crippen molar-refractivity contribution in [2.24, 2.45) is 0 Å². The lowest BCUT2D eigenvalue weighted by Crippen LogP contribution is -2.49. The molecule has 9 heteroatoms. The molecule has 0 spiro atoms. The molecule has 0 aromatic heterocycles. The summed E-state index contributed by atoms with van der Waals surface area (Å²) < 4.78 is 19.8. The van der Waals surface area contributed by atoms with Crippen molar-refractivity contribution in [2.45, 2.75) is 13.0 Å². The van der Waals surface area contributed by atoms with Gasteiger partial charge in [0.25, 0.3) is 5.69 Å². The highest BCUT2D eigenvalue weighted by molar-refractivity contribution is 5.94. The highest BCUT2D eigenvalue weighted by Gasteiger charge is 2.22. The molecule has 1 aliphatic heterocycles. The van der Waals surface area contributed by atoms with E-state index in [0.717, 1.165) is 0 Å². The normalized spacial score (nSPS) is 15.6. The van der Waals surface area contributed by atoms with Crippen LogP contribution in [0.3, 0.4) is 0 Å². The van der Waals surface area contributed by atoms with Crippen molar-refractivity contribution in [3.05, 3.63) is 64.0 Å². The number of ether oxygens (including phenoxy) is 1. The van der Waals surface area contributed by atoms with E-state index in [1.54, 1.807) is 18.2 Å². The first-order chi connectivity index (χ1) is 14.3. The van der Waals surface area contributed by atoms with Gasteiger partial charge in [0.15, 0.2) is 5.78 Å². The highest BCUT2D eigenvalue weighted by Crippen LogP contribution is 2.23. The van der Waals surface area contributed by atoms with E-state index >= 15 is 0 Å². The number of piperazine rings is 1. The standard InChI is InChI=1S/C21H24FN3O5/c1-15(26)16-5-6-21(20(22)11-16)24-9-7-23(8-10-24)13-18(27)14-30-19-4-2-3-17(12-19)25(28)29/h2-6,11-12,18,27H,7-10,13-14H2,1H3. The van der Waals surface area contributed by atoms with E-state index in [4.69, 9.17) is 4.74 Å². The number of hydrogen-bond donors (Lipinski definition) is 1. The number of nitro benzene ring substituents is 1. The zero-order valence-corrected chi connectivity index (χ0v) is 16.7. The number of aliphatic hydroxyl groups is 1. The van der Waals surface area contributed by atoms with Crippen LogP contribution in [-0.4, -0.2) is 66.1 Å². The topological polar surface area (TPSA) is 96.2 Å². The number of aliphatic hydroxyl groups excluding tert-OH is 1. The molecule has 0 aliphatic carbocycles. The molecule has 30 heavy (non-hydrogen) atoms. The predicted molar refractivity (Wildman–Crippen MR) is 110 cm³/mol. The minimum atomic E-state index is -0.762. The lowest BCUT2D eigenvalue weighted by Gasteiger charge is -2.37. The number of Topliss-reactive ketones (excluding diaryl/α,β-unsaturated/α-hetero) is 1. The Bertz CT molecular complexity index is 915. The van der Waals surface area contributed by atoms with Gasteiger partial charge in [-0.25, -0.2) is 4.39 Å². The lowest BCUT2D eigenvalue weighted by molar-refractivity contribution is -0.384. The van der Waals surface area contributed by atoms with Crippen LogP contribution >= 0.6 is 0 Å². The third-order valence-electron chi connectivity index (χ3n) is 5.01. The molecule has 0 radical (unpaired) electrons. The Morgan fingerprint density at radius 1 is 1.23 bits per heavy atom. The van der Waals surface area contributed by atoms with Crippen LogP contribution in [0.2, 0.25) is 0 Å². The molecule has 3 rings (SSSR count). The molecule has 2 aromatic carbocycles. The second kappa shape index (κ2) is 9.64. The first-order valence-electron chi connectivity index (χ1n) is 9.66. The Morgan fingerprint density at radius 3 is 2.60 bits per heavy atom. The fourth-order valence-corrected chi connectivity index (χ4v) is 3.38. The third-order valence-corrected chi connectivity index (χ3v) is 5.01. The zero-order valence-electron chi connectivity index (χ0n) is 16.7. The van der Waals surface area contributed by atoms with Crippen LogP contribution in [0.4, 0.5) is 15.8 Å². The average Bonchev–Trinajstić information content (AvgIpc) is 2.73. The number of non-ortho nitro benzene ring substituents is 1. The number of hydrogen-bond acceptors (Lipinski definition) is 7. The molecular weight excluding hydrogens is 393 g/mol. The van der Waals surface area contributed by atoms with Crippen LogP contribution in [0.25, 0.3) is 0 Å². The van der Waals surface area contributed by atoms with Gasteiger partial charge in [0.1, 0.15) is 24.3 Å². The van der Waals surface area contributed by atoms with Crippen molar-refractivity contribution in [1.29, 1.82) is 0 Å². The Labute approximate surface area is 173 Å². The largest absolute Gasteiger partial charge is 0.491 e. The van der Waals surface area contributed by atoms with Gasteiger partial charge in [0.05, 0.1) is 16.7 Å². The molecule has 1 unspecified atom stereocenters. The van der Waals surface area contributed by atoms with E-state index in [2.05, 4.69) is 4.90 Å². The van der Waals surface area contributed by atoms with E-state index in [1.165, 1.54) is 31.2 Å². The maximum absolute atomic E-state index is 14.3. The van der Waals surface area contributed by atoms with Gasteiger partial charge in [-0.05, 0) is 31.2 Å². The van der Waals surface area contributed by atoms with Gasteiger partial charge in [0.2, 0.25) is 0 Å². The number of rotatable bonds is 8. The van der Waals surface area contributed by atoms with E-state index in [9.17, 15) is 24.4 Å². The number of nitro groups is 1. The monoisotopic (exact) mass is 417 g/mol. The highest BCUT2D eigenvalue weighted by atomic mass is 19.1. The van der Waals surface area contributed by atoms with E-state index in [-0.39, 0.29) is 18.1 Å². The first kappa shape index (κ1) is 21.7. The summed E-state index contributed by atoms with van der Waals surface area (Å²) in [6.45, 7) is 4.27. The van der Waals surface area contributed by atoms with Crippen LogP contribution in [-0.2, 0) is 0 Å². The van der Waals surface area contributed by atoms with Crippen LogP contribution in [0.15, 0.2) is 42.5 Å². The molecule has 160 valence electrons. The van der Waals surface area contributed by atoms with Gasteiger partial charge < -0.3 is 14.7 Å². The minimum Gasteiger partial charge on any atom is -0.491 e. The Hall–Kier alpha value is -3.04. The zero-order chi connectivity index (χ0) is 21.7. The second-order valence-electron chi connectivity index (χ2n) is 7.23. The Kier molecular flexibility index (Phi) is 6.96. The Balaban J connectivity index is 1.47. The second-order valence-corrected chi connectivity index (χ2v) is 7.23. The molecule has 1 N–H and O–H groups in total. The smallest absolute Gasteiger partial charge is 0.273 e.